The highest BCUT2D eigenvalue weighted by atomic mass is 32.2. The highest BCUT2D eigenvalue weighted by Crippen LogP contribution is 2.58. The summed E-state index contributed by atoms with van der Waals surface area (Å²) in [5, 5.41) is 0. The molecular formula is C35H53NO10S. The van der Waals surface area contributed by atoms with Crippen LogP contribution in [0.4, 0.5) is 0 Å². The van der Waals surface area contributed by atoms with Crippen LogP contribution in [0.3, 0.4) is 0 Å². The topological polar surface area (TPSA) is 150 Å². The zero-order valence-electron chi connectivity index (χ0n) is 30.1. The van der Waals surface area contributed by atoms with Crippen molar-refractivity contribution < 1.29 is 46.6 Å². The number of hydrogen-bond acceptors (Lipinski definition) is 10. The van der Waals surface area contributed by atoms with Gasteiger partial charge in [0.1, 0.15) is 18.1 Å². The van der Waals surface area contributed by atoms with Crippen molar-refractivity contribution in [1.82, 2.24) is 4.31 Å². The first-order valence-electron chi connectivity index (χ1n) is 15.9. The highest BCUT2D eigenvalue weighted by molar-refractivity contribution is 7.90. The fourth-order valence-corrected chi connectivity index (χ4v) is 8.96. The minimum absolute atomic E-state index is 0.0414. The van der Waals surface area contributed by atoms with E-state index >= 15 is 0 Å². The fourth-order valence-electron chi connectivity index (χ4n) is 7.40. The number of carbonyl (C=O) groups is 5. The number of benzene rings is 1. The Morgan fingerprint density at radius 3 is 1.89 bits per heavy atom. The highest BCUT2D eigenvalue weighted by Gasteiger charge is 2.58. The molecule has 0 N–H and O–H groups in total. The van der Waals surface area contributed by atoms with E-state index in [0.29, 0.717) is 6.42 Å². The van der Waals surface area contributed by atoms with Crippen molar-refractivity contribution in [3.8, 4) is 0 Å². The molecular weight excluding hydrogens is 626 g/mol. The summed E-state index contributed by atoms with van der Waals surface area (Å²) in [7, 11) is -2.90. The average Bonchev–Trinajstić information content (AvgIpc) is 3.12. The molecule has 264 valence electrons. The van der Waals surface area contributed by atoms with E-state index in [1.165, 1.54) is 31.4 Å². The van der Waals surface area contributed by atoms with Crippen LogP contribution in [0.2, 0.25) is 0 Å². The van der Waals surface area contributed by atoms with E-state index in [1.54, 1.807) is 0 Å². The van der Waals surface area contributed by atoms with Crippen LogP contribution in [-0.2, 0) is 43.4 Å². The minimum Gasteiger partial charge on any atom is -0.469 e. The molecule has 1 heterocycles. The van der Waals surface area contributed by atoms with Crippen LogP contribution in [0.25, 0.3) is 0 Å². The van der Waals surface area contributed by atoms with Gasteiger partial charge in [-0.3, -0.25) is 24.0 Å². The molecule has 2 atom stereocenters. The summed E-state index contributed by atoms with van der Waals surface area (Å²) < 4.78 is 41.7. The number of amides is 2. The molecule has 11 nitrogen and oxygen atoms in total. The van der Waals surface area contributed by atoms with Crippen LogP contribution in [0, 0.1) is 33.0 Å². The van der Waals surface area contributed by atoms with E-state index in [-0.39, 0.29) is 53.2 Å². The lowest BCUT2D eigenvalue weighted by Crippen LogP contribution is -2.55. The summed E-state index contributed by atoms with van der Waals surface area (Å²) in [5.74, 6) is -3.71. The normalized spacial score (nSPS) is 16.9. The Kier molecular flexibility index (Phi) is 11.9. The van der Waals surface area contributed by atoms with Gasteiger partial charge in [-0.15, -0.1) is 0 Å². The summed E-state index contributed by atoms with van der Waals surface area (Å²) in [6, 6.07) is 5.58. The number of ether oxygens (including phenoxy) is 3. The average molecular weight is 680 g/mol. The largest absolute Gasteiger partial charge is 0.469 e. The number of hydrogen-bond donors (Lipinski definition) is 0. The number of rotatable bonds is 13. The van der Waals surface area contributed by atoms with Gasteiger partial charge in [-0.1, -0.05) is 81.4 Å². The number of nitrogens with zero attached hydrogens (tertiary/aromatic N) is 1. The first-order chi connectivity index (χ1) is 21.3. The SMILES string of the molecule is COC(=O)C(C(C)(C)C)C(C)(C)CC(C)(C)C(C)(C(=O)OCCOC(=O)CCCC(=O)N1C(=O)c2ccccc2S1(=O)=O)C(C)(C)C. The first kappa shape index (κ1) is 39.9. The maximum atomic E-state index is 13.8. The zero-order valence-corrected chi connectivity index (χ0v) is 30.9. The molecule has 47 heavy (non-hydrogen) atoms. The van der Waals surface area contributed by atoms with Gasteiger partial charge in [0.15, 0.2) is 0 Å². The van der Waals surface area contributed by atoms with Gasteiger partial charge in [0.25, 0.3) is 15.9 Å². The van der Waals surface area contributed by atoms with Gasteiger partial charge in [-0.2, -0.15) is 4.31 Å². The van der Waals surface area contributed by atoms with Crippen LogP contribution in [0.1, 0.15) is 112 Å². The van der Waals surface area contributed by atoms with Gasteiger partial charge >= 0.3 is 17.9 Å². The maximum Gasteiger partial charge on any atom is 0.312 e. The third kappa shape index (κ3) is 8.24. The van der Waals surface area contributed by atoms with Crippen molar-refractivity contribution in [3.05, 3.63) is 29.8 Å². The molecule has 0 spiro atoms. The van der Waals surface area contributed by atoms with Crippen LogP contribution in [0.5, 0.6) is 0 Å². The Balaban J connectivity index is 1.99. The molecule has 2 amide bonds. The van der Waals surface area contributed by atoms with Crippen molar-refractivity contribution >= 4 is 39.7 Å². The molecule has 1 aromatic rings. The van der Waals surface area contributed by atoms with E-state index in [0.717, 1.165) is 0 Å². The number of sulfonamides is 1. The molecule has 1 aromatic carbocycles. The number of carbonyl (C=O) groups excluding carboxylic acids is 5. The van der Waals surface area contributed by atoms with Crippen LogP contribution < -0.4 is 0 Å². The van der Waals surface area contributed by atoms with Crippen molar-refractivity contribution in [1.29, 1.82) is 0 Å². The van der Waals surface area contributed by atoms with Crippen molar-refractivity contribution in [2.24, 2.45) is 33.0 Å². The van der Waals surface area contributed by atoms with Gasteiger partial charge in [-0.25, -0.2) is 8.42 Å². The molecule has 0 aromatic heterocycles. The van der Waals surface area contributed by atoms with Crippen molar-refractivity contribution in [2.45, 2.75) is 107 Å². The minimum atomic E-state index is -4.28. The molecule has 0 radical (unpaired) electrons. The van der Waals surface area contributed by atoms with Crippen LogP contribution in [0.15, 0.2) is 29.2 Å². The monoisotopic (exact) mass is 679 g/mol. The Bertz CT molecular complexity index is 1480. The molecule has 1 aliphatic rings. The predicted molar refractivity (Wildman–Crippen MR) is 175 cm³/mol. The van der Waals surface area contributed by atoms with E-state index < -0.39 is 66.8 Å². The van der Waals surface area contributed by atoms with Crippen molar-refractivity contribution in [2.75, 3.05) is 20.3 Å². The zero-order chi connectivity index (χ0) is 36.4. The van der Waals surface area contributed by atoms with E-state index in [9.17, 15) is 32.4 Å². The lowest BCUT2D eigenvalue weighted by molar-refractivity contribution is -0.181. The van der Waals surface area contributed by atoms with Crippen LogP contribution in [-0.4, -0.2) is 62.8 Å². The van der Waals surface area contributed by atoms with E-state index in [4.69, 9.17) is 14.2 Å². The van der Waals surface area contributed by atoms with Crippen molar-refractivity contribution in [3.63, 3.8) is 0 Å². The molecule has 2 unspecified atom stereocenters. The quantitative estimate of drug-likeness (QED) is 0.139. The number of imide groups is 1. The number of methoxy groups -OCH3 is 1. The standard InChI is InChI=1S/C35H53NO10S/c1-31(2,3)27(29(40)44-12)33(7,8)22-34(9,10)35(11,32(4,5)6)30(41)46-21-20-45-26(38)19-15-18-25(37)36-28(39)23-16-13-14-17-24(23)47(36,42)43/h13-14,16-17,27H,15,18-22H2,1-12H3. The lowest BCUT2D eigenvalue weighted by Gasteiger charge is -2.54. The summed E-state index contributed by atoms with van der Waals surface area (Å²) >= 11 is 0. The molecule has 0 fully saturated rings. The lowest BCUT2D eigenvalue weighted by atomic mass is 9.49. The smallest absolute Gasteiger partial charge is 0.312 e. The second kappa shape index (κ2) is 14.1. The summed E-state index contributed by atoms with van der Waals surface area (Å²) in [6.45, 7) is 21.4. The fraction of sp³-hybridized carbons (Fsp3) is 0.686. The summed E-state index contributed by atoms with van der Waals surface area (Å²) in [6.07, 6.45) is -0.0968. The van der Waals surface area contributed by atoms with E-state index in [2.05, 4.69) is 0 Å². The van der Waals surface area contributed by atoms with Gasteiger partial charge in [-0.05, 0) is 53.6 Å². The molecule has 0 aliphatic carbocycles. The van der Waals surface area contributed by atoms with Gasteiger partial charge in [0, 0.05) is 12.8 Å². The molecule has 2 rings (SSSR count). The number of fused-ring (bicyclic) bond motifs is 1. The van der Waals surface area contributed by atoms with Crippen LogP contribution >= 0.6 is 0 Å². The Morgan fingerprint density at radius 2 is 1.38 bits per heavy atom. The van der Waals surface area contributed by atoms with Gasteiger partial charge < -0.3 is 14.2 Å². The van der Waals surface area contributed by atoms with Gasteiger partial charge in [0.05, 0.1) is 24.0 Å². The Labute approximate surface area is 280 Å². The molecule has 1 aliphatic heterocycles. The molecule has 0 saturated carbocycles. The summed E-state index contributed by atoms with van der Waals surface area (Å²) in [5.41, 5.74) is -3.24. The third-order valence-corrected chi connectivity index (χ3v) is 11.4. The summed E-state index contributed by atoms with van der Waals surface area (Å²) in [4.78, 5) is 64.0. The Morgan fingerprint density at radius 1 is 0.830 bits per heavy atom. The number of esters is 3. The van der Waals surface area contributed by atoms with Gasteiger partial charge in [0.2, 0.25) is 5.91 Å². The molecule has 0 saturated heterocycles. The maximum absolute atomic E-state index is 13.8. The molecule has 12 heteroatoms. The predicted octanol–water partition coefficient (Wildman–Crippen LogP) is 5.94. The first-order valence-corrected chi connectivity index (χ1v) is 17.3. The second-order valence-corrected chi connectivity index (χ2v) is 17.7. The third-order valence-electron chi connectivity index (χ3n) is 9.64. The second-order valence-electron chi connectivity index (χ2n) is 15.9. The van der Waals surface area contributed by atoms with E-state index in [1.807, 2.05) is 76.2 Å². The molecule has 0 bridgehead atoms. The Hall–Kier alpha value is -3.28.